The minimum atomic E-state index is -3.77. The number of aromatic nitrogens is 1. The lowest BCUT2D eigenvalue weighted by atomic mass is 9.73. The van der Waals surface area contributed by atoms with Gasteiger partial charge in [0.1, 0.15) is 5.60 Å². The fraction of sp³-hybridized carbons (Fsp3) is 0.548. The molecule has 1 spiro atoms. The Balaban J connectivity index is 1.29. The lowest BCUT2D eigenvalue weighted by molar-refractivity contribution is -0.286. The van der Waals surface area contributed by atoms with Gasteiger partial charge in [-0.2, -0.15) is 0 Å². The van der Waals surface area contributed by atoms with Gasteiger partial charge in [-0.15, -0.1) is 15.4 Å². The number of nitrogens with one attached hydrogen (secondary N) is 2. The van der Waals surface area contributed by atoms with E-state index in [0.717, 1.165) is 48.8 Å². The highest BCUT2D eigenvalue weighted by Gasteiger charge is 2.46. The van der Waals surface area contributed by atoms with E-state index in [9.17, 15) is 18.7 Å². The normalized spacial score (nSPS) is 21.3. The Hall–Kier alpha value is -3.24. The van der Waals surface area contributed by atoms with Gasteiger partial charge in [0, 0.05) is 36.3 Å². The van der Waals surface area contributed by atoms with Gasteiger partial charge in [0.25, 0.3) is 5.91 Å². The lowest BCUT2D eigenvalue weighted by Crippen LogP contribution is -2.52. The first-order valence-corrected chi connectivity index (χ1v) is 14.2. The van der Waals surface area contributed by atoms with Gasteiger partial charge >= 0.3 is 6.29 Å². The molecule has 2 aromatic rings. The minimum Gasteiger partial charge on any atom is -0.471 e. The van der Waals surface area contributed by atoms with E-state index in [1.54, 1.807) is 0 Å². The highest BCUT2D eigenvalue weighted by molar-refractivity contribution is 5.95. The zero-order chi connectivity index (χ0) is 29.6. The van der Waals surface area contributed by atoms with Crippen LogP contribution in [0.2, 0.25) is 0 Å². The smallest absolute Gasteiger partial charge is 0.471 e. The van der Waals surface area contributed by atoms with Crippen LogP contribution in [0.25, 0.3) is 0 Å². The molecule has 8 nitrogen and oxygen atoms in total. The molecule has 222 valence electrons. The Morgan fingerprint density at radius 1 is 1.20 bits per heavy atom. The number of carbonyl (C=O) groups is 1. The number of carbonyl (C=O) groups excluding carboxylic acids is 1. The van der Waals surface area contributed by atoms with Crippen LogP contribution in [0, 0.1) is 5.41 Å². The fourth-order valence-corrected chi connectivity index (χ4v) is 5.75. The zero-order valence-corrected chi connectivity index (χ0v) is 24.1. The number of ether oxygens (including phenoxy) is 3. The van der Waals surface area contributed by atoms with Gasteiger partial charge in [-0.25, -0.2) is 4.98 Å². The number of amides is 1. The number of pyridine rings is 1. The van der Waals surface area contributed by atoms with Gasteiger partial charge < -0.3 is 30.0 Å². The summed E-state index contributed by atoms with van der Waals surface area (Å²) in [4.78, 5) is 17.8. The van der Waals surface area contributed by atoms with Crippen molar-refractivity contribution in [2.75, 3.05) is 6.54 Å². The number of fused-ring (bicyclic) bond motifs is 2. The topological polar surface area (TPSA) is 102 Å². The molecular formula is C31H39F2N3O5. The first-order valence-electron chi connectivity index (χ1n) is 14.2. The van der Waals surface area contributed by atoms with Gasteiger partial charge in [0.15, 0.2) is 11.5 Å². The van der Waals surface area contributed by atoms with E-state index in [-0.39, 0.29) is 40.7 Å². The second-order valence-electron chi connectivity index (χ2n) is 12.9. The Morgan fingerprint density at radius 3 is 2.59 bits per heavy atom. The summed E-state index contributed by atoms with van der Waals surface area (Å²) in [6.07, 6.45) is 2.19. The predicted molar refractivity (Wildman–Crippen MR) is 149 cm³/mol. The Morgan fingerprint density at radius 2 is 1.93 bits per heavy atom. The second kappa shape index (κ2) is 10.9. The van der Waals surface area contributed by atoms with E-state index in [0.29, 0.717) is 12.3 Å². The molecule has 0 saturated heterocycles. The van der Waals surface area contributed by atoms with E-state index < -0.39 is 24.3 Å². The van der Waals surface area contributed by atoms with Crippen molar-refractivity contribution in [2.24, 2.45) is 5.41 Å². The molecule has 10 heteroatoms. The summed E-state index contributed by atoms with van der Waals surface area (Å²) in [6.45, 7) is 12.5. The van der Waals surface area contributed by atoms with E-state index in [4.69, 9.17) is 4.74 Å². The van der Waals surface area contributed by atoms with Crippen molar-refractivity contribution in [1.82, 2.24) is 15.6 Å². The summed E-state index contributed by atoms with van der Waals surface area (Å²) < 4.78 is 42.1. The Bertz CT molecular complexity index is 1320. The molecule has 5 rings (SSSR count). The molecule has 3 aliphatic rings. The second-order valence-corrected chi connectivity index (χ2v) is 12.9. The zero-order valence-electron chi connectivity index (χ0n) is 24.1. The Labute approximate surface area is 239 Å². The first kappa shape index (κ1) is 29.3. The number of aliphatic hydroxyl groups excluding tert-OH is 1. The molecular weight excluding hydrogens is 532 g/mol. The maximum atomic E-state index is 13.4. The molecule has 1 aromatic carbocycles. The molecule has 3 N–H and O–H groups in total. The SMILES string of the molecule is C=C(C)C[C@H](NC(=O)c1ccc2c(c1)OC(F)(F)O2)[C@H](O)CN[C@H]1CC2(CCC2)Oc2ncc(CC(C)(C)C)cc21. The summed E-state index contributed by atoms with van der Waals surface area (Å²) in [5.41, 5.74) is 2.86. The van der Waals surface area contributed by atoms with Crippen molar-refractivity contribution in [2.45, 2.75) is 96.3 Å². The third-order valence-electron chi connectivity index (χ3n) is 7.79. The molecule has 2 aliphatic heterocycles. The standard InChI is InChI=1S/C31H39F2N3O5/c1-18(2)11-22(36-27(38)20-7-8-25-26(13-20)40-31(32,33)39-25)24(37)17-34-23-15-30(9-6-10-30)41-28-21(23)12-19(16-35-28)14-29(3,4)5/h7-8,12-13,16,22-24,34,37H,1,6,9-11,14-15,17H2,2-5H3,(H,36,38)/t22-,23-,24+/m0/s1. The molecule has 1 amide bonds. The number of nitrogens with zero attached hydrogens (tertiary/aromatic N) is 1. The van der Waals surface area contributed by atoms with Crippen LogP contribution < -0.4 is 24.8 Å². The van der Waals surface area contributed by atoms with Crippen LogP contribution in [0.1, 0.15) is 87.3 Å². The predicted octanol–water partition coefficient (Wildman–Crippen LogP) is 5.45. The highest BCUT2D eigenvalue weighted by Crippen LogP contribution is 2.48. The lowest BCUT2D eigenvalue weighted by Gasteiger charge is -2.47. The molecule has 0 radical (unpaired) electrons. The van der Waals surface area contributed by atoms with Crippen LogP contribution in [0.15, 0.2) is 42.6 Å². The van der Waals surface area contributed by atoms with Gasteiger partial charge in [0.05, 0.1) is 12.1 Å². The van der Waals surface area contributed by atoms with Crippen LogP contribution in [0.3, 0.4) is 0 Å². The van der Waals surface area contributed by atoms with Gasteiger partial charge in [-0.05, 0) is 74.3 Å². The molecule has 1 aliphatic carbocycles. The molecule has 1 saturated carbocycles. The number of hydrogen-bond donors (Lipinski definition) is 3. The minimum absolute atomic E-state index is 0.0715. The van der Waals surface area contributed by atoms with Crippen LogP contribution >= 0.6 is 0 Å². The monoisotopic (exact) mass is 571 g/mol. The summed E-state index contributed by atoms with van der Waals surface area (Å²) >= 11 is 0. The van der Waals surface area contributed by atoms with Crippen LogP contribution in [-0.4, -0.2) is 46.6 Å². The highest BCUT2D eigenvalue weighted by atomic mass is 19.3. The summed E-state index contributed by atoms with van der Waals surface area (Å²) in [7, 11) is 0. The molecule has 3 heterocycles. The average molecular weight is 572 g/mol. The summed E-state index contributed by atoms with van der Waals surface area (Å²) in [5.74, 6) is -0.252. The fourth-order valence-electron chi connectivity index (χ4n) is 5.75. The van der Waals surface area contributed by atoms with Crippen molar-refractivity contribution in [3.05, 3.63) is 59.3 Å². The van der Waals surface area contributed by atoms with Crippen molar-refractivity contribution < 1.29 is 32.9 Å². The number of aliphatic hydroxyl groups is 1. The van der Waals surface area contributed by atoms with E-state index in [1.165, 1.54) is 18.2 Å². The number of rotatable bonds is 9. The average Bonchev–Trinajstić information content (AvgIpc) is 3.17. The number of alkyl halides is 2. The molecule has 3 atom stereocenters. The van der Waals surface area contributed by atoms with Gasteiger partial charge in [-0.3, -0.25) is 4.79 Å². The quantitative estimate of drug-likeness (QED) is 0.344. The Kier molecular flexibility index (Phi) is 7.76. The molecule has 1 fully saturated rings. The summed E-state index contributed by atoms with van der Waals surface area (Å²) in [6, 6.07) is 5.25. The maximum Gasteiger partial charge on any atom is 0.586 e. The molecule has 41 heavy (non-hydrogen) atoms. The number of benzene rings is 1. The van der Waals surface area contributed by atoms with Crippen LogP contribution in [0.5, 0.6) is 17.4 Å². The molecule has 0 unspecified atom stereocenters. The van der Waals surface area contributed by atoms with Crippen molar-refractivity contribution in [3.8, 4) is 17.4 Å². The van der Waals surface area contributed by atoms with E-state index in [1.807, 2.05) is 13.1 Å². The van der Waals surface area contributed by atoms with E-state index in [2.05, 4.69) is 58.5 Å². The third kappa shape index (κ3) is 6.81. The third-order valence-corrected chi connectivity index (χ3v) is 7.79. The first-order chi connectivity index (χ1) is 19.2. The summed E-state index contributed by atoms with van der Waals surface area (Å²) in [5, 5.41) is 17.6. The molecule has 0 bridgehead atoms. The van der Waals surface area contributed by atoms with Crippen LogP contribution in [0.4, 0.5) is 8.78 Å². The number of hydrogen-bond acceptors (Lipinski definition) is 7. The van der Waals surface area contributed by atoms with Gasteiger partial charge in [-0.1, -0.05) is 26.3 Å². The maximum absolute atomic E-state index is 13.4. The van der Waals surface area contributed by atoms with Crippen LogP contribution in [-0.2, 0) is 6.42 Å². The van der Waals surface area contributed by atoms with Gasteiger partial charge in [0.2, 0.25) is 5.88 Å². The van der Waals surface area contributed by atoms with Crippen molar-refractivity contribution in [1.29, 1.82) is 0 Å². The van der Waals surface area contributed by atoms with Crippen molar-refractivity contribution in [3.63, 3.8) is 0 Å². The van der Waals surface area contributed by atoms with E-state index >= 15 is 0 Å². The van der Waals surface area contributed by atoms with Crippen molar-refractivity contribution >= 4 is 5.91 Å². The number of halogens is 2. The molecule has 1 aromatic heterocycles. The largest absolute Gasteiger partial charge is 0.586 e.